The minimum Gasteiger partial charge on any atom is -0.493 e. The molecule has 1 aromatic rings. The lowest BCUT2D eigenvalue weighted by Gasteiger charge is -2.20. The van der Waals surface area contributed by atoms with Gasteiger partial charge in [-0.1, -0.05) is 0 Å². The molecule has 1 aromatic carbocycles. The lowest BCUT2D eigenvalue weighted by molar-refractivity contribution is 0.0273. The van der Waals surface area contributed by atoms with Crippen molar-refractivity contribution >= 4 is 21.9 Å². The summed E-state index contributed by atoms with van der Waals surface area (Å²) in [6, 6.07) is 2.79. The van der Waals surface area contributed by atoms with Gasteiger partial charge in [-0.25, -0.2) is 4.79 Å². The quantitative estimate of drug-likeness (QED) is 0.871. The molecule has 0 unspecified atom stereocenters. The average molecular weight is 319 g/mol. The van der Waals surface area contributed by atoms with Gasteiger partial charge >= 0.3 is 5.97 Å². The highest BCUT2D eigenvalue weighted by molar-refractivity contribution is 9.10. The number of hydrogen-bond acceptors (Lipinski definition) is 4. The van der Waals surface area contributed by atoms with Gasteiger partial charge in [0.1, 0.15) is 6.61 Å². The van der Waals surface area contributed by atoms with Gasteiger partial charge in [0.2, 0.25) is 0 Å². The molecule has 0 fully saturated rings. The summed E-state index contributed by atoms with van der Waals surface area (Å²) in [5.74, 6) is -0.390. The van der Waals surface area contributed by atoms with Crippen LogP contribution in [0.3, 0.4) is 0 Å². The summed E-state index contributed by atoms with van der Waals surface area (Å²) in [5, 5.41) is 18.5. The molecule has 6 heteroatoms. The van der Waals surface area contributed by atoms with Crippen LogP contribution < -0.4 is 9.47 Å². The molecule has 5 nitrogen and oxygen atoms in total. The molecule has 0 spiro atoms. The minimum absolute atomic E-state index is 0.0639. The number of carbonyl (C=O) groups is 1. The average Bonchev–Trinajstić information content (AvgIpc) is 2.24. The maximum atomic E-state index is 10.9. The van der Waals surface area contributed by atoms with Crippen molar-refractivity contribution in [2.24, 2.45) is 0 Å². The number of carboxylic acid groups (broad SMARTS) is 1. The molecular weight excluding hydrogens is 304 g/mol. The van der Waals surface area contributed by atoms with E-state index in [-0.39, 0.29) is 12.2 Å². The summed E-state index contributed by atoms with van der Waals surface area (Å²) >= 11 is 3.22. The molecule has 0 amide bonds. The Kier molecular flexibility index (Phi) is 4.59. The Morgan fingerprint density at radius 3 is 2.50 bits per heavy atom. The van der Waals surface area contributed by atoms with Crippen LogP contribution in [0, 0.1) is 0 Å². The number of benzene rings is 1. The summed E-state index contributed by atoms with van der Waals surface area (Å²) in [4.78, 5) is 10.9. The minimum atomic E-state index is -1.05. The second kappa shape index (κ2) is 5.58. The van der Waals surface area contributed by atoms with Gasteiger partial charge in [-0.3, -0.25) is 0 Å². The third kappa shape index (κ3) is 3.89. The Morgan fingerprint density at radius 2 is 2.06 bits per heavy atom. The van der Waals surface area contributed by atoms with E-state index < -0.39 is 11.6 Å². The molecule has 18 heavy (non-hydrogen) atoms. The summed E-state index contributed by atoms with van der Waals surface area (Å²) in [5.41, 5.74) is -0.898. The SMILES string of the molecule is COc1cc(C(=O)O)cc(Br)c1OCC(C)(C)O. The number of halogens is 1. The molecule has 0 aliphatic rings. The van der Waals surface area contributed by atoms with Crippen LogP contribution in [0.5, 0.6) is 11.5 Å². The molecule has 0 atom stereocenters. The Hall–Kier alpha value is -1.27. The Morgan fingerprint density at radius 1 is 1.44 bits per heavy atom. The van der Waals surface area contributed by atoms with Crippen LogP contribution in [0.2, 0.25) is 0 Å². The molecule has 0 heterocycles. The normalized spacial score (nSPS) is 11.2. The predicted molar refractivity (Wildman–Crippen MR) is 69.4 cm³/mol. The number of carboxylic acids is 1. The van der Waals surface area contributed by atoms with E-state index in [2.05, 4.69) is 15.9 Å². The van der Waals surface area contributed by atoms with Crippen LogP contribution in [-0.2, 0) is 0 Å². The topological polar surface area (TPSA) is 76.0 Å². The van der Waals surface area contributed by atoms with Crippen molar-refractivity contribution in [3.05, 3.63) is 22.2 Å². The zero-order valence-electron chi connectivity index (χ0n) is 10.4. The number of hydrogen-bond donors (Lipinski definition) is 2. The summed E-state index contributed by atoms with van der Waals surface area (Å²) < 4.78 is 11.0. The van der Waals surface area contributed by atoms with E-state index in [1.807, 2.05) is 0 Å². The smallest absolute Gasteiger partial charge is 0.335 e. The molecular formula is C12H15BrO5. The van der Waals surface area contributed by atoms with Gasteiger partial charge < -0.3 is 19.7 Å². The van der Waals surface area contributed by atoms with Crippen LogP contribution in [0.1, 0.15) is 24.2 Å². The molecule has 1 rings (SSSR count). The van der Waals surface area contributed by atoms with Crippen molar-refractivity contribution in [1.29, 1.82) is 0 Å². The monoisotopic (exact) mass is 318 g/mol. The second-order valence-electron chi connectivity index (χ2n) is 4.40. The first-order valence-corrected chi connectivity index (χ1v) is 6.00. The first kappa shape index (κ1) is 14.8. The molecule has 0 aliphatic carbocycles. The van der Waals surface area contributed by atoms with Gasteiger partial charge in [-0.15, -0.1) is 0 Å². The maximum absolute atomic E-state index is 10.9. The molecule has 0 aliphatic heterocycles. The Balaban J connectivity index is 3.08. The van der Waals surface area contributed by atoms with E-state index in [4.69, 9.17) is 14.6 Å². The second-order valence-corrected chi connectivity index (χ2v) is 5.25. The van der Waals surface area contributed by atoms with E-state index in [1.54, 1.807) is 13.8 Å². The molecule has 0 aromatic heterocycles. The number of rotatable bonds is 5. The number of aromatic carboxylic acids is 1. The van der Waals surface area contributed by atoms with Gasteiger partial charge in [0.25, 0.3) is 0 Å². The highest BCUT2D eigenvalue weighted by Crippen LogP contribution is 2.37. The van der Waals surface area contributed by atoms with Crippen molar-refractivity contribution in [3.63, 3.8) is 0 Å². The first-order chi connectivity index (χ1) is 8.24. The van der Waals surface area contributed by atoms with Gasteiger partial charge in [0, 0.05) is 0 Å². The van der Waals surface area contributed by atoms with Crippen LogP contribution in [0.25, 0.3) is 0 Å². The summed E-state index contributed by atoms with van der Waals surface area (Å²) in [6.45, 7) is 3.28. The van der Waals surface area contributed by atoms with Crippen LogP contribution >= 0.6 is 15.9 Å². The fourth-order valence-corrected chi connectivity index (χ4v) is 1.79. The third-order valence-corrected chi connectivity index (χ3v) is 2.64. The van der Waals surface area contributed by atoms with Gasteiger partial charge in [-0.2, -0.15) is 0 Å². The van der Waals surface area contributed by atoms with E-state index in [9.17, 15) is 9.90 Å². The van der Waals surface area contributed by atoms with Crippen molar-refractivity contribution < 1.29 is 24.5 Å². The van der Waals surface area contributed by atoms with Crippen LogP contribution in [0.4, 0.5) is 0 Å². The molecule has 0 radical (unpaired) electrons. The molecule has 0 bridgehead atoms. The Labute approximate surface area is 113 Å². The van der Waals surface area contributed by atoms with E-state index in [0.717, 1.165) is 0 Å². The van der Waals surface area contributed by atoms with E-state index in [0.29, 0.717) is 16.0 Å². The fraction of sp³-hybridized carbons (Fsp3) is 0.417. The van der Waals surface area contributed by atoms with Gasteiger partial charge in [0.05, 0.1) is 22.7 Å². The highest BCUT2D eigenvalue weighted by Gasteiger charge is 2.19. The molecule has 100 valence electrons. The standard InChI is InChI=1S/C12H15BrO5/c1-12(2,16)6-18-10-8(13)4-7(11(14)15)5-9(10)17-3/h4-5,16H,6H2,1-3H3,(H,14,15). The third-order valence-electron chi connectivity index (χ3n) is 2.05. The number of aliphatic hydroxyl groups is 1. The summed E-state index contributed by atoms with van der Waals surface area (Å²) in [7, 11) is 1.42. The molecule has 0 saturated heterocycles. The Bertz CT molecular complexity index is 451. The van der Waals surface area contributed by atoms with Gasteiger partial charge in [-0.05, 0) is 41.9 Å². The van der Waals surface area contributed by atoms with E-state index in [1.165, 1.54) is 19.2 Å². The maximum Gasteiger partial charge on any atom is 0.335 e. The van der Waals surface area contributed by atoms with Crippen LogP contribution in [-0.4, -0.2) is 35.5 Å². The van der Waals surface area contributed by atoms with Crippen molar-refractivity contribution in [3.8, 4) is 11.5 Å². The zero-order chi connectivity index (χ0) is 13.9. The van der Waals surface area contributed by atoms with Crippen LogP contribution in [0.15, 0.2) is 16.6 Å². The largest absolute Gasteiger partial charge is 0.493 e. The molecule has 0 saturated carbocycles. The van der Waals surface area contributed by atoms with Crippen molar-refractivity contribution in [2.45, 2.75) is 19.4 Å². The van der Waals surface area contributed by atoms with Crippen molar-refractivity contribution in [1.82, 2.24) is 0 Å². The molecule has 2 N–H and O–H groups in total. The van der Waals surface area contributed by atoms with Crippen molar-refractivity contribution in [2.75, 3.05) is 13.7 Å². The highest BCUT2D eigenvalue weighted by atomic mass is 79.9. The fourth-order valence-electron chi connectivity index (χ4n) is 1.23. The summed E-state index contributed by atoms with van der Waals surface area (Å²) in [6.07, 6.45) is 0. The number of ether oxygens (including phenoxy) is 2. The first-order valence-electron chi connectivity index (χ1n) is 5.20. The lowest BCUT2D eigenvalue weighted by Crippen LogP contribution is -2.28. The predicted octanol–water partition coefficient (Wildman–Crippen LogP) is 2.31. The zero-order valence-corrected chi connectivity index (χ0v) is 11.9. The van der Waals surface area contributed by atoms with Gasteiger partial charge in [0.15, 0.2) is 11.5 Å². The lowest BCUT2D eigenvalue weighted by atomic mass is 10.1. The van der Waals surface area contributed by atoms with E-state index >= 15 is 0 Å². The number of methoxy groups -OCH3 is 1.